The highest BCUT2D eigenvalue weighted by Gasteiger charge is 2.05. The van der Waals surface area contributed by atoms with Crippen molar-refractivity contribution in [3.8, 4) is 0 Å². The number of benzene rings is 1. The molecule has 0 atom stereocenters. The van der Waals surface area contributed by atoms with Crippen molar-refractivity contribution in [2.24, 2.45) is 12.0 Å². The van der Waals surface area contributed by atoms with Gasteiger partial charge in [-0.15, -0.1) is 40.8 Å². The lowest BCUT2D eigenvalue weighted by Crippen LogP contribution is -2.37. The smallest absolute Gasteiger partial charge is 0.192 e. The molecule has 0 radical (unpaired) electrons. The van der Waals surface area contributed by atoms with Crippen molar-refractivity contribution in [1.29, 1.82) is 0 Å². The van der Waals surface area contributed by atoms with Crippen molar-refractivity contribution < 1.29 is 0 Å². The molecule has 0 aliphatic rings. The Bertz CT molecular complexity index is 675. The van der Waals surface area contributed by atoms with E-state index in [1.807, 2.05) is 18.5 Å². The summed E-state index contributed by atoms with van der Waals surface area (Å²) in [5.74, 6) is 2.48. The lowest BCUT2D eigenvalue weighted by molar-refractivity contribution is 0.721. The normalized spacial score (nSPS) is 10.9. The van der Waals surface area contributed by atoms with Gasteiger partial charge in [0.2, 0.25) is 0 Å². The van der Waals surface area contributed by atoms with Crippen LogP contribution in [-0.2, 0) is 20.1 Å². The number of aromatic nitrogens is 3. The highest BCUT2D eigenvalue weighted by atomic mass is 127. The molecule has 0 aliphatic heterocycles. The third kappa shape index (κ3) is 5.95. The third-order valence-electron chi connectivity index (χ3n) is 3.55. The molecular weight excluding hydrogens is 415 g/mol. The number of hydrogen-bond donors (Lipinski definition) is 2. The first-order valence-electron chi connectivity index (χ1n) is 7.63. The monoisotopic (exact) mass is 440 g/mol. The van der Waals surface area contributed by atoms with Gasteiger partial charge in [-0.2, -0.15) is 0 Å². The molecule has 0 amide bonds. The summed E-state index contributed by atoms with van der Waals surface area (Å²) in [6, 6.07) is 8.38. The average Bonchev–Trinajstić information content (AvgIpc) is 2.87. The van der Waals surface area contributed by atoms with Crippen molar-refractivity contribution in [3.63, 3.8) is 0 Å². The number of guanidine groups is 1. The van der Waals surface area contributed by atoms with Gasteiger partial charge in [0.25, 0.3) is 0 Å². The van der Waals surface area contributed by atoms with E-state index in [-0.39, 0.29) is 24.0 Å². The first kappa shape index (κ1) is 20.1. The van der Waals surface area contributed by atoms with E-state index in [2.05, 4.69) is 63.6 Å². The minimum atomic E-state index is 0. The lowest BCUT2D eigenvalue weighted by Gasteiger charge is -2.11. The van der Waals surface area contributed by atoms with E-state index >= 15 is 0 Å². The van der Waals surface area contributed by atoms with Crippen molar-refractivity contribution in [2.75, 3.05) is 6.54 Å². The van der Waals surface area contributed by atoms with Crippen molar-refractivity contribution >= 4 is 29.9 Å². The minimum absolute atomic E-state index is 0. The van der Waals surface area contributed by atoms with Crippen molar-refractivity contribution in [3.05, 3.63) is 59.7 Å². The summed E-state index contributed by atoms with van der Waals surface area (Å²) in [5, 5.41) is 14.7. The van der Waals surface area contributed by atoms with Gasteiger partial charge in [0.05, 0.1) is 13.1 Å². The molecule has 2 rings (SSSR count). The molecule has 6 nitrogen and oxygen atoms in total. The van der Waals surface area contributed by atoms with Crippen LogP contribution in [0, 0.1) is 13.8 Å². The molecule has 0 unspecified atom stereocenters. The van der Waals surface area contributed by atoms with Gasteiger partial charge in [0, 0.05) is 13.6 Å². The Labute approximate surface area is 160 Å². The Kier molecular flexibility index (Phi) is 8.45. The number of hydrogen-bond acceptors (Lipinski definition) is 3. The van der Waals surface area contributed by atoms with Crippen molar-refractivity contribution in [1.82, 2.24) is 25.4 Å². The molecule has 2 N–H and O–H groups in total. The van der Waals surface area contributed by atoms with Gasteiger partial charge in [-0.25, -0.2) is 4.99 Å². The van der Waals surface area contributed by atoms with E-state index in [9.17, 15) is 0 Å². The maximum absolute atomic E-state index is 4.60. The summed E-state index contributed by atoms with van der Waals surface area (Å²) in [7, 11) is 1.95. The first-order chi connectivity index (χ1) is 11.1. The summed E-state index contributed by atoms with van der Waals surface area (Å²) in [4.78, 5) is 4.60. The molecule has 0 fully saturated rings. The molecule has 0 saturated heterocycles. The van der Waals surface area contributed by atoms with Crippen LogP contribution in [0.4, 0.5) is 0 Å². The summed E-state index contributed by atoms with van der Waals surface area (Å²) in [6.45, 7) is 9.56. The second-order valence-corrected chi connectivity index (χ2v) is 5.40. The number of aliphatic imine (C=N–C) groups is 1. The SMILES string of the molecule is C=CCNC(=NCc1ccc(C)cc1)NCc1nnc(C)n1C.I. The molecule has 0 bridgehead atoms. The predicted molar refractivity (Wildman–Crippen MR) is 109 cm³/mol. The quantitative estimate of drug-likeness (QED) is 0.314. The van der Waals surface area contributed by atoms with Crippen LogP contribution >= 0.6 is 24.0 Å². The standard InChI is InChI=1S/C17H24N6.HI/c1-5-10-18-17(19-11-15-8-6-13(2)7-9-15)20-12-16-22-21-14(3)23(16)4;/h5-9H,1,10-12H2,2-4H3,(H2,18,19,20);1H. The number of nitrogens with zero attached hydrogens (tertiary/aromatic N) is 4. The molecule has 130 valence electrons. The summed E-state index contributed by atoms with van der Waals surface area (Å²) in [6.07, 6.45) is 1.80. The highest BCUT2D eigenvalue weighted by Crippen LogP contribution is 2.04. The number of rotatable bonds is 6. The van der Waals surface area contributed by atoms with E-state index in [4.69, 9.17) is 0 Å². The molecule has 0 aliphatic carbocycles. The largest absolute Gasteiger partial charge is 0.353 e. The van der Waals surface area contributed by atoms with E-state index in [0.29, 0.717) is 19.6 Å². The minimum Gasteiger partial charge on any atom is -0.353 e. The lowest BCUT2D eigenvalue weighted by atomic mass is 10.1. The van der Waals surface area contributed by atoms with E-state index in [0.717, 1.165) is 17.6 Å². The number of halogens is 1. The maximum atomic E-state index is 4.60. The van der Waals surface area contributed by atoms with Gasteiger partial charge in [-0.3, -0.25) is 0 Å². The van der Waals surface area contributed by atoms with E-state index in [1.54, 1.807) is 6.08 Å². The van der Waals surface area contributed by atoms with Crippen LogP contribution in [-0.4, -0.2) is 27.3 Å². The number of nitrogens with one attached hydrogen (secondary N) is 2. The summed E-state index contributed by atoms with van der Waals surface area (Å²) >= 11 is 0. The maximum Gasteiger partial charge on any atom is 0.192 e. The molecule has 2 aromatic rings. The molecule has 1 aromatic heterocycles. The van der Waals surface area contributed by atoms with Gasteiger partial charge < -0.3 is 15.2 Å². The van der Waals surface area contributed by atoms with E-state index in [1.165, 1.54) is 11.1 Å². The topological polar surface area (TPSA) is 67.1 Å². The van der Waals surface area contributed by atoms with Gasteiger partial charge in [-0.05, 0) is 19.4 Å². The predicted octanol–water partition coefficient (Wildman–Crippen LogP) is 2.47. The first-order valence-corrected chi connectivity index (χ1v) is 7.63. The fraction of sp³-hybridized carbons (Fsp3) is 0.353. The molecule has 1 heterocycles. The van der Waals surface area contributed by atoms with Crippen LogP contribution in [0.1, 0.15) is 22.8 Å². The summed E-state index contributed by atoms with van der Waals surface area (Å²) < 4.78 is 1.96. The summed E-state index contributed by atoms with van der Waals surface area (Å²) in [5.41, 5.74) is 2.42. The third-order valence-corrected chi connectivity index (χ3v) is 3.55. The Morgan fingerprint density at radius 2 is 1.92 bits per heavy atom. The van der Waals surface area contributed by atoms with Crippen LogP contribution in [0.15, 0.2) is 41.9 Å². The van der Waals surface area contributed by atoms with Crippen molar-refractivity contribution in [2.45, 2.75) is 26.9 Å². The fourth-order valence-corrected chi connectivity index (χ4v) is 1.97. The molecule has 1 aromatic carbocycles. The van der Waals surface area contributed by atoms with Crippen LogP contribution in [0.2, 0.25) is 0 Å². The molecule has 24 heavy (non-hydrogen) atoms. The number of aryl methyl sites for hydroxylation is 2. The molecular formula is C17H25IN6. The zero-order valence-corrected chi connectivity index (χ0v) is 16.7. The van der Waals surface area contributed by atoms with Crippen LogP contribution in [0.5, 0.6) is 0 Å². The highest BCUT2D eigenvalue weighted by molar-refractivity contribution is 14.0. The zero-order chi connectivity index (χ0) is 16.7. The second-order valence-electron chi connectivity index (χ2n) is 5.40. The van der Waals surface area contributed by atoms with E-state index < -0.39 is 0 Å². The van der Waals surface area contributed by atoms with Gasteiger partial charge >= 0.3 is 0 Å². The second kappa shape index (κ2) is 10.1. The van der Waals surface area contributed by atoms with Crippen LogP contribution < -0.4 is 10.6 Å². The molecule has 7 heteroatoms. The molecule has 0 spiro atoms. The Hall–Kier alpha value is -1.90. The Morgan fingerprint density at radius 3 is 2.50 bits per heavy atom. The molecule has 0 saturated carbocycles. The Morgan fingerprint density at radius 1 is 1.21 bits per heavy atom. The van der Waals surface area contributed by atoms with Crippen LogP contribution in [0.3, 0.4) is 0 Å². The van der Waals surface area contributed by atoms with Crippen LogP contribution in [0.25, 0.3) is 0 Å². The zero-order valence-electron chi connectivity index (χ0n) is 14.4. The van der Waals surface area contributed by atoms with Gasteiger partial charge in [-0.1, -0.05) is 35.9 Å². The average molecular weight is 440 g/mol. The Balaban J connectivity index is 0.00000288. The van der Waals surface area contributed by atoms with Gasteiger partial charge in [0.15, 0.2) is 11.8 Å². The van der Waals surface area contributed by atoms with Gasteiger partial charge in [0.1, 0.15) is 5.82 Å². The fourth-order valence-electron chi connectivity index (χ4n) is 1.97.